The minimum Gasteiger partial charge on any atom is -0.465 e. The SMILES string of the molecule is CCOC(=O)C1(c2ccccc2)CCN(CC#N)CC1. The predicted molar refractivity (Wildman–Crippen MR) is 76.0 cm³/mol. The van der Waals surface area contributed by atoms with E-state index in [4.69, 9.17) is 10.00 Å². The molecule has 0 bridgehead atoms. The quantitative estimate of drug-likeness (QED) is 0.622. The molecule has 0 N–H and O–H groups in total. The number of benzene rings is 1. The fourth-order valence-corrected chi connectivity index (χ4v) is 2.83. The summed E-state index contributed by atoms with van der Waals surface area (Å²) in [5, 5.41) is 8.78. The normalized spacial score (nSPS) is 18.2. The third-order valence-electron chi connectivity index (χ3n) is 4.00. The van der Waals surface area contributed by atoms with Crippen LogP contribution in [0.15, 0.2) is 30.3 Å². The van der Waals surface area contributed by atoms with E-state index in [1.807, 2.05) is 37.3 Å². The number of piperidine rings is 1. The van der Waals surface area contributed by atoms with Crippen molar-refractivity contribution in [3.8, 4) is 6.07 Å². The van der Waals surface area contributed by atoms with Gasteiger partial charge in [-0.2, -0.15) is 5.26 Å². The maximum Gasteiger partial charge on any atom is 0.316 e. The van der Waals surface area contributed by atoms with Crippen LogP contribution < -0.4 is 0 Å². The minimum atomic E-state index is -0.552. The lowest BCUT2D eigenvalue weighted by Gasteiger charge is -2.39. The molecule has 4 heteroatoms. The molecule has 0 atom stereocenters. The summed E-state index contributed by atoms with van der Waals surface area (Å²) >= 11 is 0. The first-order chi connectivity index (χ1) is 9.73. The molecule has 1 aliphatic rings. The largest absolute Gasteiger partial charge is 0.465 e. The Labute approximate surface area is 120 Å². The molecule has 0 saturated carbocycles. The number of nitrogens with zero attached hydrogens (tertiary/aromatic N) is 2. The Morgan fingerprint density at radius 2 is 2.00 bits per heavy atom. The van der Waals surface area contributed by atoms with E-state index >= 15 is 0 Å². The Kier molecular flexibility index (Phi) is 4.75. The van der Waals surface area contributed by atoms with Crippen molar-refractivity contribution in [3.05, 3.63) is 35.9 Å². The second-order valence-corrected chi connectivity index (χ2v) is 5.10. The van der Waals surface area contributed by atoms with Crippen LogP contribution in [0.5, 0.6) is 0 Å². The van der Waals surface area contributed by atoms with Gasteiger partial charge in [0.1, 0.15) is 0 Å². The van der Waals surface area contributed by atoms with Crippen molar-refractivity contribution in [3.63, 3.8) is 0 Å². The van der Waals surface area contributed by atoms with Gasteiger partial charge in [0.25, 0.3) is 0 Å². The van der Waals surface area contributed by atoms with Gasteiger partial charge in [0.05, 0.1) is 24.6 Å². The first kappa shape index (κ1) is 14.5. The molecule has 106 valence electrons. The van der Waals surface area contributed by atoms with E-state index in [1.165, 1.54) is 0 Å². The van der Waals surface area contributed by atoms with Crippen LogP contribution in [0.3, 0.4) is 0 Å². The van der Waals surface area contributed by atoms with Gasteiger partial charge in [-0.1, -0.05) is 30.3 Å². The van der Waals surface area contributed by atoms with Gasteiger partial charge in [0.15, 0.2) is 0 Å². The molecular weight excluding hydrogens is 252 g/mol. The lowest BCUT2D eigenvalue weighted by molar-refractivity contribution is -0.152. The highest BCUT2D eigenvalue weighted by atomic mass is 16.5. The number of esters is 1. The van der Waals surface area contributed by atoms with Crippen molar-refractivity contribution in [2.24, 2.45) is 0 Å². The van der Waals surface area contributed by atoms with E-state index in [9.17, 15) is 4.79 Å². The van der Waals surface area contributed by atoms with Crippen LogP contribution in [0.2, 0.25) is 0 Å². The van der Waals surface area contributed by atoms with Crippen molar-refractivity contribution < 1.29 is 9.53 Å². The Hall–Kier alpha value is -1.86. The summed E-state index contributed by atoms with van der Waals surface area (Å²) in [6, 6.07) is 12.0. The number of carbonyl (C=O) groups excluding carboxylic acids is 1. The summed E-state index contributed by atoms with van der Waals surface area (Å²) in [6.07, 6.45) is 1.41. The molecule has 2 rings (SSSR count). The molecule has 1 heterocycles. The highest BCUT2D eigenvalue weighted by Gasteiger charge is 2.43. The Bertz CT molecular complexity index is 485. The van der Waals surface area contributed by atoms with E-state index in [-0.39, 0.29) is 5.97 Å². The summed E-state index contributed by atoms with van der Waals surface area (Å²) in [5.41, 5.74) is 0.471. The van der Waals surface area contributed by atoms with Gasteiger partial charge in [-0.05, 0) is 25.3 Å². The highest BCUT2D eigenvalue weighted by Crippen LogP contribution is 2.36. The molecule has 1 fully saturated rings. The highest BCUT2D eigenvalue weighted by molar-refractivity contribution is 5.83. The zero-order valence-corrected chi connectivity index (χ0v) is 11.8. The van der Waals surface area contributed by atoms with Crippen molar-refractivity contribution in [1.29, 1.82) is 5.26 Å². The second-order valence-electron chi connectivity index (χ2n) is 5.10. The molecule has 1 aliphatic heterocycles. The number of rotatable bonds is 4. The molecule has 0 radical (unpaired) electrons. The first-order valence-corrected chi connectivity index (χ1v) is 7.05. The van der Waals surface area contributed by atoms with E-state index in [0.717, 1.165) is 18.7 Å². The zero-order valence-electron chi connectivity index (χ0n) is 11.8. The zero-order chi connectivity index (χ0) is 14.4. The summed E-state index contributed by atoms with van der Waals surface area (Å²) in [4.78, 5) is 14.6. The molecule has 0 unspecified atom stereocenters. The summed E-state index contributed by atoms with van der Waals surface area (Å²) < 4.78 is 5.31. The Morgan fingerprint density at radius 1 is 1.35 bits per heavy atom. The molecule has 1 aromatic rings. The van der Waals surface area contributed by atoms with Crippen LogP contribution in [0.4, 0.5) is 0 Å². The van der Waals surface area contributed by atoms with Gasteiger partial charge in [-0.25, -0.2) is 0 Å². The summed E-state index contributed by atoms with van der Waals surface area (Å²) in [6.45, 7) is 4.16. The van der Waals surface area contributed by atoms with Crippen LogP contribution in [0.1, 0.15) is 25.3 Å². The van der Waals surface area contributed by atoms with Gasteiger partial charge < -0.3 is 4.74 Å². The maximum atomic E-state index is 12.5. The third kappa shape index (κ3) is 2.83. The number of carbonyl (C=O) groups is 1. The molecule has 0 aliphatic carbocycles. The van der Waals surface area contributed by atoms with Gasteiger partial charge in [0.2, 0.25) is 0 Å². The van der Waals surface area contributed by atoms with Crippen molar-refractivity contribution >= 4 is 5.97 Å². The average Bonchev–Trinajstić information content (AvgIpc) is 2.49. The number of hydrogen-bond donors (Lipinski definition) is 0. The molecule has 0 spiro atoms. The van der Waals surface area contributed by atoms with Crippen molar-refractivity contribution in [1.82, 2.24) is 4.90 Å². The van der Waals surface area contributed by atoms with Crippen LogP contribution in [-0.4, -0.2) is 37.1 Å². The Morgan fingerprint density at radius 3 is 2.55 bits per heavy atom. The monoisotopic (exact) mass is 272 g/mol. The van der Waals surface area contributed by atoms with Crippen molar-refractivity contribution in [2.45, 2.75) is 25.2 Å². The van der Waals surface area contributed by atoms with Crippen LogP contribution >= 0.6 is 0 Å². The number of ether oxygens (including phenoxy) is 1. The molecular formula is C16H20N2O2. The van der Waals surface area contributed by atoms with E-state index in [0.29, 0.717) is 26.0 Å². The smallest absolute Gasteiger partial charge is 0.316 e. The van der Waals surface area contributed by atoms with Crippen molar-refractivity contribution in [2.75, 3.05) is 26.2 Å². The first-order valence-electron chi connectivity index (χ1n) is 7.05. The molecule has 20 heavy (non-hydrogen) atoms. The van der Waals surface area contributed by atoms with E-state index < -0.39 is 5.41 Å². The van der Waals surface area contributed by atoms with Gasteiger partial charge in [-0.15, -0.1) is 0 Å². The van der Waals surface area contributed by atoms with E-state index in [1.54, 1.807) is 0 Å². The molecule has 1 aromatic carbocycles. The van der Waals surface area contributed by atoms with Crippen LogP contribution in [0, 0.1) is 11.3 Å². The Balaban J connectivity index is 2.24. The predicted octanol–water partition coefficient (Wildman–Crippen LogP) is 2.11. The van der Waals surface area contributed by atoms with Gasteiger partial charge >= 0.3 is 5.97 Å². The lowest BCUT2D eigenvalue weighted by Crippen LogP contribution is -2.48. The summed E-state index contributed by atoms with van der Waals surface area (Å²) in [7, 11) is 0. The van der Waals surface area contributed by atoms with Gasteiger partial charge in [0, 0.05) is 13.1 Å². The van der Waals surface area contributed by atoms with E-state index in [2.05, 4.69) is 11.0 Å². The number of likely N-dealkylation sites (tertiary alicyclic amines) is 1. The molecule has 4 nitrogen and oxygen atoms in total. The minimum absolute atomic E-state index is 0.136. The molecule has 1 saturated heterocycles. The van der Waals surface area contributed by atoms with Crippen LogP contribution in [-0.2, 0) is 14.9 Å². The maximum absolute atomic E-state index is 12.5. The third-order valence-corrected chi connectivity index (χ3v) is 4.00. The molecule has 0 amide bonds. The number of nitriles is 1. The van der Waals surface area contributed by atoms with Gasteiger partial charge in [-0.3, -0.25) is 9.69 Å². The topological polar surface area (TPSA) is 53.3 Å². The summed E-state index contributed by atoms with van der Waals surface area (Å²) in [5.74, 6) is -0.136. The lowest BCUT2D eigenvalue weighted by atomic mass is 9.72. The second kappa shape index (κ2) is 6.53. The fraction of sp³-hybridized carbons (Fsp3) is 0.500. The average molecular weight is 272 g/mol. The number of hydrogen-bond acceptors (Lipinski definition) is 4. The fourth-order valence-electron chi connectivity index (χ4n) is 2.83. The molecule has 0 aromatic heterocycles. The van der Waals surface area contributed by atoms with Crippen LogP contribution in [0.25, 0.3) is 0 Å². The standard InChI is InChI=1S/C16H20N2O2/c1-2-20-15(19)16(14-6-4-3-5-7-14)8-11-18(12-9-16)13-10-17/h3-7H,2,8-9,11-13H2,1H3.